The summed E-state index contributed by atoms with van der Waals surface area (Å²) in [5.74, 6) is 0. The van der Waals surface area contributed by atoms with Gasteiger partial charge in [-0.05, 0) is 52.9 Å². The minimum absolute atomic E-state index is 0. The summed E-state index contributed by atoms with van der Waals surface area (Å²) in [4.78, 5) is 0. The Kier molecular flexibility index (Phi) is 5.40. The molecule has 0 bridgehead atoms. The molecular formula is C34H22IrN3-. The molecule has 0 N–H and O–H groups in total. The van der Waals surface area contributed by atoms with Gasteiger partial charge in [0.05, 0.1) is 22.2 Å². The van der Waals surface area contributed by atoms with E-state index in [1.807, 2.05) is 12.1 Å². The summed E-state index contributed by atoms with van der Waals surface area (Å²) in [7, 11) is 0. The van der Waals surface area contributed by atoms with Gasteiger partial charge in [0.15, 0.2) is 0 Å². The van der Waals surface area contributed by atoms with Crippen molar-refractivity contribution in [2.24, 2.45) is 0 Å². The van der Waals surface area contributed by atoms with Crippen LogP contribution >= 0.6 is 0 Å². The number of aromatic nitrogens is 3. The van der Waals surface area contributed by atoms with Crippen LogP contribution in [0.15, 0.2) is 121 Å². The Balaban J connectivity index is 0.00000242. The summed E-state index contributed by atoms with van der Waals surface area (Å²) >= 11 is 0. The molecule has 0 saturated heterocycles. The Labute approximate surface area is 233 Å². The van der Waals surface area contributed by atoms with Crippen LogP contribution in [-0.2, 0) is 26.5 Å². The van der Waals surface area contributed by atoms with Gasteiger partial charge in [-0.25, -0.2) is 0 Å². The van der Waals surface area contributed by atoms with E-state index in [0.717, 1.165) is 23.1 Å². The molecule has 0 spiro atoms. The topological polar surface area (TPSA) is 22.2 Å². The van der Waals surface area contributed by atoms with Gasteiger partial charge in [0.1, 0.15) is 0 Å². The number of para-hydroxylation sites is 3. The first-order chi connectivity index (χ1) is 18.3. The molecule has 8 rings (SSSR count). The number of hydrogen-bond acceptors (Lipinski definition) is 1. The van der Waals surface area contributed by atoms with E-state index in [2.05, 4.69) is 124 Å². The predicted octanol–water partition coefficient (Wildman–Crippen LogP) is 8.13. The van der Waals surface area contributed by atoms with Crippen molar-refractivity contribution in [1.82, 2.24) is 14.2 Å². The Morgan fingerprint density at radius 2 is 1.26 bits per heavy atom. The van der Waals surface area contributed by atoms with E-state index in [9.17, 15) is 0 Å². The third-order valence-electron chi connectivity index (χ3n) is 7.44. The van der Waals surface area contributed by atoms with E-state index in [1.165, 1.54) is 49.2 Å². The minimum atomic E-state index is 0. The van der Waals surface area contributed by atoms with E-state index in [0.29, 0.717) is 0 Å². The molecule has 4 heteroatoms. The van der Waals surface area contributed by atoms with Crippen molar-refractivity contribution < 1.29 is 20.1 Å². The SMILES string of the molecule is [Ir].[c-]1cccc2c3ccccc3c3cc(Cc4ccc5c(c4)c4ccccc4n5-c4ccccc4)nn3c12. The molecule has 0 aliphatic rings. The molecule has 0 fully saturated rings. The summed E-state index contributed by atoms with van der Waals surface area (Å²) < 4.78 is 4.42. The van der Waals surface area contributed by atoms with E-state index in [1.54, 1.807) is 0 Å². The van der Waals surface area contributed by atoms with E-state index in [-0.39, 0.29) is 20.1 Å². The zero-order chi connectivity index (χ0) is 24.3. The Morgan fingerprint density at radius 1 is 0.579 bits per heavy atom. The molecule has 0 aliphatic carbocycles. The quantitative estimate of drug-likeness (QED) is 0.138. The number of benzene rings is 5. The summed E-state index contributed by atoms with van der Waals surface area (Å²) in [6.07, 6.45) is 0.769. The molecule has 38 heavy (non-hydrogen) atoms. The van der Waals surface area contributed by atoms with Crippen LogP contribution in [0, 0.1) is 6.07 Å². The molecular weight excluding hydrogens is 643 g/mol. The molecule has 0 unspecified atom stereocenters. The molecule has 3 heterocycles. The van der Waals surface area contributed by atoms with Gasteiger partial charge in [0.2, 0.25) is 0 Å². The molecule has 3 nitrogen and oxygen atoms in total. The van der Waals surface area contributed by atoms with Crippen molar-refractivity contribution >= 4 is 49.0 Å². The average Bonchev–Trinajstić information content (AvgIpc) is 3.53. The van der Waals surface area contributed by atoms with Gasteiger partial charge in [0, 0.05) is 43.0 Å². The molecule has 0 atom stereocenters. The maximum Gasteiger partial charge on any atom is 0.0714 e. The summed E-state index contributed by atoms with van der Waals surface area (Å²) in [5.41, 5.74) is 8.08. The summed E-state index contributed by atoms with van der Waals surface area (Å²) in [6, 6.07) is 46.5. The zero-order valence-corrected chi connectivity index (χ0v) is 22.8. The van der Waals surface area contributed by atoms with Gasteiger partial charge in [-0.15, -0.1) is 5.39 Å². The first kappa shape index (κ1) is 22.9. The van der Waals surface area contributed by atoms with Crippen LogP contribution in [0.1, 0.15) is 11.3 Å². The molecule has 5 aromatic carbocycles. The van der Waals surface area contributed by atoms with Crippen LogP contribution in [0.5, 0.6) is 0 Å². The molecule has 0 aliphatic heterocycles. The van der Waals surface area contributed by atoms with Crippen LogP contribution in [-0.4, -0.2) is 14.2 Å². The molecule has 183 valence electrons. The van der Waals surface area contributed by atoms with Crippen molar-refractivity contribution in [3.63, 3.8) is 0 Å². The molecule has 8 aromatic rings. The van der Waals surface area contributed by atoms with Crippen molar-refractivity contribution in [2.75, 3.05) is 0 Å². The Morgan fingerprint density at radius 3 is 2.11 bits per heavy atom. The van der Waals surface area contributed by atoms with Gasteiger partial charge in [0.25, 0.3) is 0 Å². The molecule has 1 radical (unpaired) electrons. The second kappa shape index (κ2) is 8.95. The van der Waals surface area contributed by atoms with Crippen molar-refractivity contribution in [2.45, 2.75) is 6.42 Å². The molecule has 3 aromatic heterocycles. The van der Waals surface area contributed by atoms with Crippen LogP contribution in [0.3, 0.4) is 0 Å². The third-order valence-corrected chi connectivity index (χ3v) is 7.44. The van der Waals surface area contributed by atoms with Crippen LogP contribution < -0.4 is 0 Å². The molecule has 0 amide bonds. The smallest absolute Gasteiger partial charge is 0.0714 e. The fourth-order valence-corrected chi connectivity index (χ4v) is 5.84. The maximum atomic E-state index is 5.06. The standard InChI is InChI=1S/C34H22N3.Ir/c1-2-10-25(11-3-1)36-31-16-8-6-15-29(31)30-21-23(18-19-32(30)36)20-24-22-34-28-14-5-4-12-26(28)27-13-7-9-17-33(27)37(34)35-24;/h1-16,18-19,21-22H,20H2;/q-1;. The van der Waals surface area contributed by atoms with Crippen molar-refractivity contribution in [3.8, 4) is 5.69 Å². The van der Waals surface area contributed by atoms with E-state index >= 15 is 0 Å². The maximum absolute atomic E-state index is 5.06. The number of rotatable bonds is 3. The fourth-order valence-electron chi connectivity index (χ4n) is 5.84. The van der Waals surface area contributed by atoms with Crippen LogP contribution in [0.4, 0.5) is 0 Å². The van der Waals surface area contributed by atoms with Crippen molar-refractivity contribution in [3.05, 3.63) is 139 Å². The normalized spacial score (nSPS) is 11.6. The first-order valence-corrected chi connectivity index (χ1v) is 12.6. The van der Waals surface area contributed by atoms with Gasteiger partial charge < -0.3 is 4.57 Å². The second-order valence-corrected chi connectivity index (χ2v) is 9.63. The minimum Gasteiger partial charge on any atom is -0.309 e. The molecule has 0 saturated carbocycles. The largest absolute Gasteiger partial charge is 0.309 e. The van der Waals surface area contributed by atoms with E-state index in [4.69, 9.17) is 5.10 Å². The van der Waals surface area contributed by atoms with Gasteiger partial charge >= 0.3 is 0 Å². The zero-order valence-electron chi connectivity index (χ0n) is 20.4. The monoisotopic (exact) mass is 665 g/mol. The average molecular weight is 665 g/mol. The van der Waals surface area contributed by atoms with Crippen LogP contribution in [0.25, 0.3) is 54.7 Å². The van der Waals surface area contributed by atoms with Crippen LogP contribution in [0.2, 0.25) is 0 Å². The Bertz CT molecular complexity index is 2050. The number of hydrogen-bond donors (Lipinski definition) is 0. The van der Waals surface area contributed by atoms with E-state index < -0.39 is 0 Å². The first-order valence-electron chi connectivity index (χ1n) is 12.6. The predicted molar refractivity (Wildman–Crippen MR) is 153 cm³/mol. The summed E-state index contributed by atoms with van der Waals surface area (Å²) in [5, 5.41) is 11.2. The van der Waals surface area contributed by atoms with Crippen molar-refractivity contribution in [1.29, 1.82) is 0 Å². The fraction of sp³-hybridized carbons (Fsp3) is 0.0294. The van der Waals surface area contributed by atoms with Gasteiger partial charge in [-0.2, -0.15) is 29.4 Å². The number of nitrogens with zero attached hydrogens (tertiary/aromatic N) is 3. The van der Waals surface area contributed by atoms with Gasteiger partial charge in [-0.1, -0.05) is 72.1 Å². The third kappa shape index (κ3) is 3.42. The number of pyridine rings is 1. The Hall–Kier alpha value is -4.24. The second-order valence-electron chi connectivity index (χ2n) is 9.63. The number of fused-ring (bicyclic) bond motifs is 9. The van der Waals surface area contributed by atoms with Gasteiger partial charge in [-0.3, -0.25) is 4.52 Å². The summed E-state index contributed by atoms with van der Waals surface area (Å²) in [6.45, 7) is 0.